The van der Waals surface area contributed by atoms with E-state index in [1.54, 1.807) is 23.1 Å². The van der Waals surface area contributed by atoms with Gasteiger partial charge in [-0.25, -0.2) is 0 Å². The van der Waals surface area contributed by atoms with Gasteiger partial charge in [0.15, 0.2) is 6.61 Å². The van der Waals surface area contributed by atoms with E-state index < -0.39 is 0 Å². The van der Waals surface area contributed by atoms with E-state index in [-0.39, 0.29) is 24.5 Å². The molecular formula is C14H17BrClNO3. The summed E-state index contributed by atoms with van der Waals surface area (Å²) in [6, 6.07) is 5.16. The number of ether oxygens (including phenoxy) is 1. The molecule has 1 heterocycles. The van der Waals surface area contributed by atoms with Crippen molar-refractivity contribution in [2.45, 2.75) is 19.4 Å². The monoisotopic (exact) mass is 361 g/mol. The minimum Gasteiger partial charge on any atom is -0.483 e. The lowest BCUT2D eigenvalue weighted by Crippen LogP contribution is -2.46. The first-order valence-corrected chi connectivity index (χ1v) is 7.68. The van der Waals surface area contributed by atoms with Crippen LogP contribution in [0.3, 0.4) is 0 Å². The average molecular weight is 363 g/mol. The smallest absolute Gasteiger partial charge is 0.260 e. The maximum Gasteiger partial charge on any atom is 0.260 e. The van der Waals surface area contributed by atoms with E-state index in [4.69, 9.17) is 16.3 Å². The van der Waals surface area contributed by atoms with Crippen molar-refractivity contribution in [1.29, 1.82) is 0 Å². The van der Waals surface area contributed by atoms with Gasteiger partial charge in [0.25, 0.3) is 5.91 Å². The number of likely N-dealkylation sites (tertiary alicyclic amines) is 1. The molecule has 1 aromatic carbocycles. The van der Waals surface area contributed by atoms with Gasteiger partial charge in [-0.3, -0.25) is 4.79 Å². The molecule has 0 aliphatic carbocycles. The summed E-state index contributed by atoms with van der Waals surface area (Å²) in [6.45, 7) is 3.09. The number of amides is 1. The zero-order chi connectivity index (χ0) is 14.7. The van der Waals surface area contributed by atoms with Crippen molar-refractivity contribution in [3.8, 4) is 5.75 Å². The van der Waals surface area contributed by atoms with Crippen LogP contribution in [0.2, 0.25) is 5.02 Å². The van der Waals surface area contributed by atoms with Crippen LogP contribution in [-0.4, -0.2) is 41.7 Å². The van der Waals surface area contributed by atoms with E-state index >= 15 is 0 Å². The Morgan fingerprint density at radius 3 is 3.00 bits per heavy atom. The van der Waals surface area contributed by atoms with Crippen molar-refractivity contribution < 1.29 is 14.6 Å². The Morgan fingerprint density at radius 1 is 1.60 bits per heavy atom. The highest BCUT2D eigenvalue weighted by Gasteiger charge is 2.27. The maximum absolute atomic E-state index is 12.1. The third-order valence-electron chi connectivity index (χ3n) is 3.46. The van der Waals surface area contributed by atoms with Gasteiger partial charge >= 0.3 is 0 Å². The van der Waals surface area contributed by atoms with Crippen molar-refractivity contribution in [3.05, 3.63) is 27.7 Å². The Morgan fingerprint density at radius 2 is 2.35 bits per heavy atom. The molecule has 2 unspecified atom stereocenters. The predicted octanol–water partition coefficient (Wildman–Crippen LogP) is 2.71. The van der Waals surface area contributed by atoms with Gasteiger partial charge in [0.05, 0.1) is 10.6 Å². The van der Waals surface area contributed by atoms with Gasteiger partial charge in [0.2, 0.25) is 0 Å². The summed E-state index contributed by atoms with van der Waals surface area (Å²) in [5, 5.41) is 10.3. The van der Waals surface area contributed by atoms with Gasteiger partial charge in [-0.05, 0) is 46.5 Å². The topological polar surface area (TPSA) is 49.8 Å². The first-order valence-electron chi connectivity index (χ1n) is 6.51. The molecule has 1 saturated heterocycles. The van der Waals surface area contributed by atoms with Gasteiger partial charge in [-0.2, -0.15) is 0 Å². The molecule has 1 aliphatic rings. The largest absolute Gasteiger partial charge is 0.483 e. The molecule has 20 heavy (non-hydrogen) atoms. The number of carbonyl (C=O) groups excluding carboxylic acids is 1. The molecule has 6 heteroatoms. The normalized spacial score (nSPS) is 22.7. The molecule has 1 aromatic rings. The minimum atomic E-state index is -0.314. The van der Waals surface area contributed by atoms with Gasteiger partial charge < -0.3 is 14.7 Å². The van der Waals surface area contributed by atoms with Crippen LogP contribution in [-0.2, 0) is 4.79 Å². The number of rotatable bonds is 3. The molecule has 110 valence electrons. The van der Waals surface area contributed by atoms with Gasteiger partial charge in [0, 0.05) is 18.1 Å². The quantitative estimate of drug-likeness (QED) is 0.899. The molecule has 0 radical (unpaired) electrons. The Kier molecular flexibility index (Phi) is 5.29. The zero-order valence-corrected chi connectivity index (χ0v) is 13.5. The van der Waals surface area contributed by atoms with Crippen molar-refractivity contribution in [2.75, 3.05) is 19.7 Å². The standard InChI is InChI=1S/C14H17BrClNO3/c1-9-7-17(5-4-12(9)18)14(19)8-20-13-3-2-10(16)6-11(13)15/h2-3,6,9,12,18H,4-5,7-8H2,1H3. The summed E-state index contributed by atoms with van der Waals surface area (Å²) < 4.78 is 6.23. The summed E-state index contributed by atoms with van der Waals surface area (Å²) in [5.74, 6) is 0.633. The number of carbonyl (C=O) groups is 1. The average Bonchev–Trinajstić information content (AvgIpc) is 2.40. The fourth-order valence-electron chi connectivity index (χ4n) is 2.18. The summed E-state index contributed by atoms with van der Waals surface area (Å²) in [5.41, 5.74) is 0. The Bertz CT molecular complexity index is 497. The lowest BCUT2D eigenvalue weighted by Gasteiger charge is -2.34. The number of benzene rings is 1. The van der Waals surface area contributed by atoms with E-state index in [0.29, 0.717) is 30.3 Å². The first-order chi connectivity index (χ1) is 9.47. The van der Waals surface area contributed by atoms with Crippen LogP contribution < -0.4 is 4.74 Å². The molecule has 0 aromatic heterocycles. The predicted molar refractivity (Wildman–Crippen MR) is 81.0 cm³/mol. The van der Waals surface area contributed by atoms with Crippen LogP contribution in [0.5, 0.6) is 5.75 Å². The summed E-state index contributed by atoms with van der Waals surface area (Å²) >= 11 is 9.19. The Balaban J connectivity index is 1.89. The number of piperidine rings is 1. The SMILES string of the molecule is CC1CN(C(=O)COc2ccc(Cl)cc2Br)CCC1O. The van der Waals surface area contributed by atoms with Crippen molar-refractivity contribution in [1.82, 2.24) is 4.90 Å². The third-order valence-corrected chi connectivity index (χ3v) is 4.31. The van der Waals surface area contributed by atoms with E-state index in [2.05, 4.69) is 15.9 Å². The first kappa shape index (κ1) is 15.6. The van der Waals surface area contributed by atoms with Crippen LogP contribution in [0.1, 0.15) is 13.3 Å². The fourth-order valence-corrected chi connectivity index (χ4v) is 2.98. The number of hydrogen-bond donors (Lipinski definition) is 1. The molecular weight excluding hydrogens is 346 g/mol. The molecule has 0 saturated carbocycles. The van der Waals surface area contributed by atoms with Gasteiger partial charge in [-0.15, -0.1) is 0 Å². The van der Waals surface area contributed by atoms with E-state index in [9.17, 15) is 9.90 Å². The summed E-state index contributed by atoms with van der Waals surface area (Å²) in [7, 11) is 0. The highest BCUT2D eigenvalue weighted by Crippen LogP contribution is 2.28. The van der Waals surface area contributed by atoms with Crippen molar-refractivity contribution >= 4 is 33.4 Å². The number of nitrogens with zero attached hydrogens (tertiary/aromatic N) is 1. The lowest BCUT2D eigenvalue weighted by atomic mass is 9.97. The van der Waals surface area contributed by atoms with Crippen LogP contribution in [0.4, 0.5) is 0 Å². The maximum atomic E-state index is 12.1. The minimum absolute atomic E-state index is 0.0109. The highest BCUT2D eigenvalue weighted by molar-refractivity contribution is 9.10. The Labute approximate surface area is 131 Å². The zero-order valence-electron chi connectivity index (χ0n) is 11.2. The molecule has 1 aliphatic heterocycles. The van der Waals surface area contributed by atoms with E-state index in [0.717, 1.165) is 4.47 Å². The fraction of sp³-hybridized carbons (Fsp3) is 0.500. The van der Waals surface area contributed by atoms with Crippen LogP contribution >= 0.6 is 27.5 Å². The van der Waals surface area contributed by atoms with Crippen LogP contribution in [0, 0.1) is 5.92 Å². The Hall–Kier alpha value is -0.780. The van der Waals surface area contributed by atoms with Crippen LogP contribution in [0.25, 0.3) is 0 Å². The number of hydrogen-bond acceptors (Lipinski definition) is 3. The lowest BCUT2D eigenvalue weighted by molar-refractivity contribution is -0.136. The van der Waals surface area contributed by atoms with Crippen molar-refractivity contribution in [2.24, 2.45) is 5.92 Å². The summed E-state index contributed by atoms with van der Waals surface area (Å²) in [4.78, 5) is 13.8. The molecule has 0 spiro atoms. The molecule has 2 atom stereocenters. The molecule has 1 amide bonds. The molecule has 1 N–H and O–H groups in total. The van der Waals surface area contributed by atoms with E-state index in [1.165, 1.54) is 0 Å². The molecule has 2 rings (SSSR count). The van der Waals surface area contributed by atoms with Gasteiger partial charge in [-0.1, -0.05) is 18.5 Å². The second-order valence-electron chi connectivity index (χ2n) is 5.04. The number of aliphatic hydroxyl groups excluding tert-OH is 1. The second kappa shape index (κ2) is 6.78. The second-order valence-corrected chi connectivity index (χ2v) is 6.33. The van der Waals surface area contributed by atoms with Crippen molar-refractivity contribution in [3.63, 3.8) is 0 Å². The third kappa shape index (κ3) is 3.87. The molecule has 1 fully saturated rings. The van der Waals surface area contributed by atoms with Crippen LogP contribution in [0.15, 0.2) is 22.7 Å². The molecule has 0 bridgehead atoms. The highest BCUT2D eigenvalue weighted by atomic mass is 79.9. The summed E-state index contributed by atoms with van der Waals surface area (Å²) in [6.07, 6.45) is 0.308. The van der Waals surface area contributed by atoms with E-state index in [1.807, 2.05) is 6.92 Å². The van der Waals surface area contributed by atoms with Gasteiger partial charge in [0.1, 0.15) is 5.75 Å². The number of aliphatic hydroxyl groups is 1. The molecule has 4 nitrogen and oxygen atoms in total. The number of halogens is 2.